The standard InChI is InChI=1S/C20H17N3O4/c1-13(24)21-15-7-9-16(10-8-15)22-19(25)14-4-2-5-17(12-14)23-20(26)18-6-3-11-27-18/h2-12H,1H3,(H,21,24)(H,22,25)(H,23,26). The molecule has 0 aliphatic carbocycles. The number of nitrogens with one attached hydrogen (secondary N) is 3. The molecule has 136 valence electrons. The molecule has 7 heteroatoms. The van der Waals surface area contributed by atoms with Gasteiger partial charge in [-0.3, -0.25) is 14.4 Å². The smallest absolute Gasteiger partial charge is 0.291 e. The highest BCUT2D eigenvalue weighted by molar-refractivity contribution is 6.06. The van der Waals surface area contributed by atoms with Crippen LogP contribution in [0, 0.1) is 0 Å². The van der Waals surface area contributed by atoms with Gasteiger partial charge in [0.1, 0.15) is 0 Å². The fourth-order valence-corrected chi connectivity index (χ4v) is 2.38. The Morgan fingerprint density at radius 1 is 0.741 bits per heavy atom. The summed E-state index contributed by atoms with van der Waals surface area (Å²) in [6.07, 6.45) is 1.41. The Hall–Kier alpha value is -3.87. The summed E-state index contributed by atoms with van der Waals surface area (Å²) in [5.41, 5.74) is 2.09. The van der Waals surface area contributed by atoms with E-state index in [1.165, 1.54) is 13.2 Å². The van der Waals surface area contributed by atoms with Gasteiger partial charge < -0.3 is 20.4 Å². The number of amides is 3. The highest BCUT2D eigenvalue weighted by Gasteiger charge is 2.11. The summed E-state index contributed by atoms with van der Waals surface area (Å²) in [7, 11) is 0. The maximum atomic E-state index is 12.4. The summed E-state index contributed by atoms with van der Waals surface area (Å²) in [4.78, 5) is 35.5. The number of benzene rings is 2. The molecule has 0 fully saturated rings. The molecule has 2 aromatic carbocycles. The molecule has 3 N–H and O–H groups in total. The fraction of sp³-hybridized carbons (Fsp3) is 0.0500. The maximum absolute atomic E-state index is 12.4. The second-order valence-electron chi connectivity index (χ2n) is 5.72. The lowest BCUT2D eigenvalue weighted by Crippen LogP contribution is -2.14. The second kappa shape index (κ2) is 8.01. The number of carbonyl (C=O) groups excluding carboxylic acids is 3. The summed E-state index contributed by atoms with van der Waals surface area (Å²) in [6.45, 7) is 1.42. The van der Waals surface area contributed by atoms with Crippen LogP contribution in [0.3, 0.4) is 0 Å². The van der Waals surface area contributed by atoms with Gasteiger partial charge in [0, 0.05) is 29.5 Å². The minimum atomic E-state index is -0.397. The van der Waals surface area contributed by atoms with Gasteiger partial charge in [0.25, 0.3) is 11.8 Å². The van der Waals surface area contributed by atoms with E-state index in [1.807, 2.05) is 0 Å². The third-order valence-corrected chi connectivity index (χ3v) is 3.59. The number of carbonyl (C=O) groups is 3. The van der Waals surface area contributed by atoms with Crippen molar-refractivity contribution in [3.8, 4) is 0 Å². The lowest BCUT2D eigenvalue weighted by Gasteiger charge is -2.09. The predicted molar refractivity (Wildman–Crippen MR) is 102 cm³/mol. The average Bonchev–Trinajstić information content (AvgIpc) is 3.18. The first kappa shape index (κ1) is 17.9. The zero-order valence-corrected chi connectivity index (χ0v) is 14.5. The fourth-order valence-electron chi connectivity index (χ4n) is 2.38. The number of hydrogen-bond donors (Lipinski definition) is 3. The zero-order valence-electron chi connectivity index (χ0n) is 14.5. The number of rotatable bonds is 5. The maximum Gasteiger partial charge on any atom is 0.291 e. The van der Waals surface area contributed by atoms with Gasteiger partial charge in [-0.2, -0.15) is 0 Å². The van der Waals surface area contributed by atoms with Crippen LogP contribution in [0.1, 0.15) is 27.8 Å². The van der Waals surface area contributed by atoms with Gasteiger partial charge in [0.15, 0.2) is 5.76 Å². The molecule has 0 aliphatic heterocycles. The van der Waals surface area contributed by atoms with E-state index in [9.17, 15) is 14.4 Å². The summed E-state index contributed by atoms with van der Waals surface area (Å²) in [5, 5.41) is 8.09. The number of anilines is 3. The molecule has 0 aliphatic rings. The largest absolute Gasteiger partial charge is 0.459 e. The molecule has 0 bridgehead atoms. The second-order valence-corrected chi connectivity index (χ2v) is 5.72. The van der Waals surface area contributed by atoms with Gasteiger partial charge in [-0.25, -0.2) is 0 Å². The minimum Gasteiger partial charge on any atom is -0.459 e. The van der Waals surface area contributed by atoms with E-state index in [0.29, 0.717) is 22.6 Å². The van der Waals surface area contributed by atoms with Gasteiger partial charge in [-0.1, -0.05) is 6.07 Å². The molecule has 1 heterocycles. The molecule has 7 nitrogen and oxygen atoms in total. The summed E-state index contributed by atoms with van der Waals surface area (Å²) in [6, 6.07) is 16.5. The van der Waals surface area contributed by atoms with E-state index < -0.39 is 5.91 Å². The molecule has 0 unspecified atom stereocenters. The van der Waals surface area contributed by atoms with Gasteiger partial charge in [0.2, 0.25) is 5.91 Å². The molecular formula is C20H17N3O4. The highest BCUT2D eigenvalue weighted by Crippen LogP contribution is 2.17. The first-order chi connectivity index (χ1) is 13.0. The van der Waals surface area contributed by atoms with Crippen molar-refractivity contribution in [3.63, 3.8) is 0 Å². The number of furan rings is 1. The number of hydrogen-bond acceptors (Lipinski definition) is 4. The Balaban J connectivity index is 1.66. The van der Waals surface area contributed by atoms with E-state index >= 15 is 0 Å². The molecule has 0 saturated heterocycles. The molecule has 0 saturated carbocycles. The zero-order chi connectivity index (χ0) is 19.2. The van der Waals surface area contributed by atoms with Crippen LogP contribution in [-0.4, -0.2) is 17.7 Å². The van der Waals surface area contributed by atoms with Gasteiger partial charge in [-0.15, -0.1) is 0 Å². The average molecular weight is 363 g/mol. The summed E-state index contributed by atoms with van der Waals surface area (Å²) >= 11 is 0. The molecular weight excluding hydrogens is 346 g/mol. The van der Waals surface area contributed by atoms with Crippen LogP contribution in [0.25, 0.3) is 0 Å². The molecule has 0 radical (unpaired) electrons. The van der Waals surface area contributed by atoms with Crippen LogP contribution in [0.4, 0.5) is 17.1 Å². The molecule has 27 heavy (non-hydrogen) atoms. The van der Waals surface area contributed by atoms with Crippen molar-refractivity contribution in [2.75, 3.05) is 16.0 Å². The third-order valence-electron chi connectivity index (χ3n) is 3.59. The SMILES string of the molecule is CC(=O)Nc1ccc(NC(=O)c2cccc(NC(=O)c3ccco3)c2)cc1. The van der Waals surface area contributed by atoms with Crippen LogP contribution >= 0.6 is 0 Å². The Labute approximate surface area is 155 Å². The minimum absolute atomic E-state index is 0.166. The first-order valence-electron chi connectivity index (χ1n) is 8.15. The van der Waals surface area contributed by atoms with E-state index in [2.05, 4.69) is 16.0 Å². The normalized spacial score (nSPS) is 10.1. The lowest BCUT2D eigenvalue weighted by atomic mass is 10.1. The van der Waals surface area contributed by atoms with Crippen molar-refractivity contribution >= 4 is 34.8 Å². The van der Waals surface area contributed by atoms with E-state index in [4.69, 9.17) is 4.42 Å². The van der Waals surface area contributed by atoms with Crippen LogP contribution in [0.2, 0.25) is 0 Å². The van der Waals surface area contributed by atoms with E-state index in [-0.39, 0.29) is 17.6 Å². The third kappa shape index (κ3) is 4.82. The summed E-state index contributed by atoms with van der Waals surface area (Å²) in [5.74, 6) is -0.702. The molecule has 1 aromatic heterocycles. The van der Waals surface area contributed by atoms with E-state index in [0.717, 1.165) is 0 Å². The molecule has 0 spiro atoms. The Morgan fingerprint density at radius 2 is 1.41 bits per heavy atom. The Kier molecular flexibility index (Phi) is 5.32. The van der Waals surface area contributed by atoms with Crippen molar-refractivity contribution in [3.05, 3.63) is 78.3 Å². The van der Waals surface area contributed by atoms with Crippen molar-refractivity contribution in [2.24, 2.45) is 0 Å². The van der Waals surface area contributed by atoms with Crippen molar-refractivity contribution in [1.82, 2.24) is 0 Å². The monoisotopic (exact) mass is 363 g/mol. The van der Waals surface area contributed by atoms with Crippen LogP contribution < -0.4 is 16.0 Å². The molecule has 3 amide bonds. The van der Waals surface area contributed by atoms with Crippen molar-refractivity contribution in [1.29, 1.82) is 0 Å². The first-order valence-corrected chi connectivity index (χ1v) is 8.15. The Bertz CT molecular complexity index is 963. The van der Waals surface area contributed by atoms with E-state index in [1.54, 1.807) is 60.7 Å². The van der Waals surface area contributed by atoms with Gasteiger partial charge >= 0.3 is 0 Å². The summed E-state index contributed by atoms with van der Waals surface area (Å²) < 4.78 is 5.04. The highest BCUT2D eigenvalue weighted by atomic mass is 16.3. The van der Waals surface area contributed by atoms with Crippen LogP contribution in [-0.2, 0) is 4.79 Å². The van der Waals surface area contributed by atoms with Gasteiger partial charge in [-0.05, 0) is 54.6 Å². The lowest BCUT2D eigenvalue weighted by molar-refractivity contribution is -0.114. The van der Waals surface area contributed by atoms with Crippen LogP contribution in [0.5, 0.6) is 0 Å². The predicted octanol–water partition coefficient (Wildman–Crippen LogP) is 3.74. The van der Waals surface area contributed by atoms with Crippen molar-refractivity contribution in [2.45, 2.75) is 6.92 Å². The quantitative estimate of drug-likeness (QED) is 0.643. The molecule has 3 aromatic rings. The molecule has 3 rings (SSSR count). The van der Waals surface area contributed by atoms with Crippen molar-refractivity contribution < 1.29 is 18.8 Å². The Morgan fingerprint density at radius 3 is 2.04 bits per heavy atom. The topological polar surface area (TPSA) is 100 Å². The molecule has 0 atom stereocenters. The van der Waals surface area contributed by atoms with Gasteiger partial charge in [0.05, 0.1) is 6.26 Å². The van der Waals surface area contributed by atoms with Crippen LogP contribution in [0.15, 0.2) is 71.3 Å².